The number of halogens is 1. The molecule has 0 spiro atoms. The van der Waals surface area contributed by atoms with Gasteiger partial charge in [0.2, 0.25) is 0 Å². The fraction of sp³-hybridized carbons (Fsp3) is 0.385. The van der Waals surface area contributed by atoms with Gasteiger partial charge in [0.1, 0.15) is 5.51 Å². The highest BCUT2D eigenvalue weighted by Crippen LogP contribution is 2.34. The van der Waals surface area contributed by atoms with Crippen molar-refractivity contribution >= 4 is 34.7 Å². The van der Waals surface area contributed by atoms with Gasteiger partial charge in [0.15, 0.2) is 4.34 Å². The van der Waals surface area contributed by atoms with E-state index in [-0.39, 0.29) is 5.54 Å². The van der Waals surface area contributed by atoms with Crippen LogP contribution in [0.15, 0.2) is 32.9 Å². The highest BCUT2D eigenvalue weighted by molar-refractivity contribution is 8.01. The predicted molar refractivity (Wildman–Crippen MR) is 82.1 cm³/mol. The second-order valence-electron chi connectivity index (χ2n) is 5.13. The van der Waals surface area contributed by atoms with Crippen LogP contribution < -0.4 is 5.32 Å². The van der Waals surface area contributed by atoms with E-state index in [4.69, 9.17) is 11.6 Å². The van der Waals surface area contributed by atoms with E-state index in [1.54, 1.807) is 17.3 Å². The summed E-state index contributed by atoms with van der Waals surface area (Å²) in [5.74, 6) is 0. The molecule has 0 aliphatic heterocycles. The molecule has 1 heterocycles. The summed E-state index contributed by atoms with van der Waals surface area (Å²) in [6, 6.07) is 5.95. The molecule has 6 heteroatoms. The maximum atomic E-state index is 6.31. The molecule has 0 aliphatic carbocycles. The van der Waals surface area contributed by atoms with Crippen molar-refractivity contribution in [3.63, 3.8) is 0 Å². The third-order valence-electron chi connectivity index (χ3n) is 2.41. The minimum absolute atomic E-state index is 0.0594. The Balaban J connectivity index is 2.20. The number of nitrogens with one attached hydrogen (secondary N) is 1. The minimum atomic E-state index is 0.0594. The third kappa shape index (κ3) is 4.45. The van der Waals surface area contributed by atoms with Crippen molar-refractivity contribution in [1.29, 1.82) is 0 Å². The van der Waals surface area contributed by atoms with Crippen LogP contribution >= 0.6 is 34.7 Å². The van der Waals surface area contributed by atoms with E-state index in [1.807, 2.05) is 12.1 Å². The summed E-state index contributed by atoms with van der Waals surface area (Å²) in [6.07, 6.45) is 0. The number of nitrogens with zero attached hydrogens (tertiary/aromatic N) is 2. The van der Waals surface area contributed by atoms with Gasteiger partial charge in [0.25, 0.3) is 0 Å². The first-order valence-electron chi connectivity index (χ1n) is 5.92. The third-order valence-corrected chi connectivity index (χ3v) is 4.64. The lowest BCUT2D eigenvalue weighted by Gasteiger charge is -2.22. The molecular formula is C13H16ClN3S2. The van der Waals surface area contributed by atoms with Crippen molar-refractivity contribution in [1.82, 2.24) is 15.5 Å². The van der Waals surface area contributed by atoms with Crippen LogP contribution in [0.5, 0.6) is 0 Å². The lowest BCUT2D eigenvalue weighted by atomic mass is 10.1. The topological polar surface area (TPSA) is 37.8 Å². The smallest absolute Gasteiger partial charge is 0.178 e. The van der Waals surface area contributed by atoms with Gasteiger partial charge in [-0.2, -0.15) is 0 Å². The lowest BCUT2D eigenvalue weighted by molar-refractivity contribution is 0.422. The monoisotopic (exact) mass is 313 g/mol. The van der Waals surface area contributed by atoms with E-state index >= 15 is 0 Å². The Labute approximate surface area is 126 Å². The maximum Gasteiger partial charge on any atom is 0.178 e. The van der Waals surface area contributed by atoms with Crippen molar-refractivity contribution in [2.24, 2.45) is 0 Å². The molecule has 0 saturated heterocycles. The van der Waals surface area contributed by atoms with Gasteiger partial charge in [0.05, 0.1) is 0 Å². The van der Waals surface area contributed by atoms with E-state index in [2.05, 4.69) is 42.4 Å². The minimum Gasteiger partial charge on any atom is -0.308 e. The van der Waals surface area contributed by atoms with Gasteiger partial charge in [-0.3, -0.25) is 0 Å². The second-order valence-corrected chi connectivity index (χ2v) is 7.66. The molecule has 3 nitrogen and oxygen atoms in total. The standard InChI is InChI=1S/C13H16ClN3S2/c1-13(2,3)15-7-9-10(14)5-4-6-11(9)19-12-17-16-8-18-12/h4-6,8,15H,7H2,1-3H3. The average Bonchev–Trinajstić information content (AvgIpc) is 2.79. The predicted octanol–water partition coefficient (Wildman–Crippen LogP) is 4.23. The molecule has 0 fully saturated rings. The SMILES string of the molecule is CC(C)(C)NCc1c(Cl)cccc1Sc1nncs1. The summed E-state index contributed by atoms with van der Waals surface area (Å²) >= 11 is 9.45. The number of aromatic nitrogens is 2. The molecule has 1 aromatic heterocycles. The zero-order valence-corrected chi connectivity index (χ0v) is 13.5. The van der Waals surface area contributed by atoms with Gasteiger partial charge in [-0.15, -0.1) is 10.2 Å². The second kappa shape index (κ2) is 6.22. The van der Waals surface area contributed by atoms with Crippen LogP contribution in [0.2, 0.25) is 5.02 Å². The highest BCUT2D eigenvalue weighted by Gasteiger charge is 2.14. The van der Waals surface area contributed by atoms with Gasteiger partial charge < -0.3 is 5.32 Å². The van der Waals surface area contributed by atoms with Crippen LogP contribution in [-0.4, -0.2) is 15.7 Å². The zero-order chi connectivity index (χ0) is 13.9. The molecule has 19 heavy (non-hydrogen) atoms. The largest absolute Gasteiger partial charge is 0.308 e. The van der Waals surface area contributed by atoms with Crippen LogP contribution in [0.4, 0.5) is 0 Å². The molecule has 2 aromatic rings. The van der Waals surface area contributed by atoms with Crippen LogP contribution in [0.25, 0.3) is 0 Å². The van der Waals surface area contributed by atoms with Crippen LogP contribution in [0.1, 0.15) is 26.3 Å². The van der Waals surface area contributed by atoms with E-state index in [9.17, 15) is 0 Å². The Morgan fingerprint density at radius 1 is 1.37 bits per heavy atom. The van der Waals surface area contributed by atoms with Crippen LogP contribution in [-0.2, 0) is 6.54 Å². The molecule has 2 rings (SSSR count). The Morgan fingerprint density at radius 2 is 2.16 bits per heavy atom. The fourth-order valence-electron chi connectivity index (χ4n) is 1.46. The van der Waals surface area contributed by atoms with Gasteiger partial charge in [0, 0.05) is 22.0 Å². The molecule has 0 atom stereocenters. The number of hydrogen-bond acceptors (Lipinski definition) is 5. The first kappa shape index (κ1) is 14.8. The summed E-state index contributed by atoms with van der Waals surface area (Å²) < 4.78 is 0.930. The van der Waals surface area contributed by atoms with E-state index in [1.165, 1.54) is 11.3 Å². The summed E-state index contributed by atoms with van der Waals surface area (Å²) in [4.78, 5) is 1.13. The van der Waals surface area contributed by atoms with Gasteiger partial charge >= 0.3 is 0 Å². The summed E-state index contributed by atoms with van der Waals surface area (Å²) in [5.41, 5.74) is 2.91. The normalized spacial score (nSPS) is 11.8. The quantitative estimate of drug-likeness (QED) is 0.916. The molecule has 0 unspecified atom stereocenters. The summed E-state index contributed by atoms with van der Waals surface area (Å²) in [6.45, 7) is 7.16. The van der Waals surface area contributed by atoms with Crippen LogP contribution in [0, 0.1) is 0 Å². The number of hydrogen-bond donors (Lipinski definition) is 1. The molecule has 1 N–H and O–H groups in total. The molecule has 102 valence electrons. The molecule has 0 radical (unpaired) electrons. The lowest BCUT2D eigenvalue weighted by Crippen LogP contribution is -2.35. The van der Waals surface area contributed by atoms with E-state index in [0.717, 1.165) is 26.4 Å². The Kier molecular flexibility index (Phi) is 4.84. The van der Waals surface area contributed by atoms with Crippen molar-refractivity contribution in [2.45, 2.75) is 42.1 Å². The van der Waals surface area contributed by atoms with Crippen molar-refractivity contribution in [2.75, 3.05) is 0 Å². The van der Waals surface area contributed by atoms with E-state index in [0.29, 0.717) is 0 Å². The molecule has 1 aromatic carbocycles. The van der Waals surface area contributed by atoms with Gasteiger partial charge in [-0.25, -0.2) is 0 Å². The Bertz CT molecular complexity index is 535. The summed E-state index contributed by atoms with van der Waals surface area (Å²) in [7, 11) is 0. The zero-order valence-electron chi connectivity index (χ0n) is 11.1. The average molecular weight is 314 g/mol. The Morgan fingerprint density at radius 3 is 2.79 bits per heavy atom. The highest BCUT2D eigenvalue weighted by atomic mass is 35.5. The number of rotatable bonds is 4. The Hall–Kier alpha value is -0.620. The maximum absolute atomic E-state index is 6.31. The van der Waals surface area contributed by atoms with Crippen molar-refractivity contribution in [3.05, 3.63) is 34.3 Å². The van der Waals surface area contributed by atoms with Crippen LogP contribution in [0.3, 0.4) is 0 Å². The molecule has 0 saturated carbocycles. The first-order chi connectivity index (χ1) is 8.96. The molecule has 0 amide bonds. The van der Waals surface area contributed by atoms with Crippen molar-refractivity contribution in [3.8, 4) is 0 Å². The summed E-state index contributed by atoms with van der Waals surface area (Å²) in [5, 5.41) is 12.2. The van der Waals surface area contributed by atoms with E-state index < -0.39 is 0 Å². The number of benzene rings is 1. The van der Waals surface area contributed by atoms with Gasteiger partial charge in [-0.1, -0.05) is 40.8 Å². The molecular weight excluding hydrogens is 298 g/mol. The van der Waals surface area contributed by atoms with Gasteiger partial charge in [-0.05, 0) is 38.5 Å². The molecule has 0 aliphatic rings. The van der Waals surface area contributed by atoms with Crippen molar-refractivity contribution < 1.29 is 0 Å². The fourth-order valence-corrected chi connectivity index (χ4v) is 3.36. The first-order valence-corrected chi connectivity index (χ1v) is 7.99. The molecule has 0 bridgehead atoms.